The van der Waals surface area contributed by atoms with Gasteiger partial charge >= 0.3 is 0 Å². The van der Waals surface area contributed by atoms with Crippen LogP contribution in [0.3, 0.4) is 0 Å². The fourth-order valence-electron chi connectivity index (χ4n) is 2.96. The molecule has 0 saturated carbocycles. The van der Waals surface area contributed by atoms with Crippen molar-refractivity contribution in [1.82, 2.24) is 10.2 Å². The van der Waals surface area contributed by atoms with Crippen LogP contribution in [0.4, 0.5) is 0 Å². The Bertz CT molecular complexity index is 658. The molecule has 0 bridgehead atoms. The first-order chi connectivity index (χ1) is 12.1. The van der Waals surface area contributed by atoms with Gasteiger partial charge in [-0.15, -0.1) is 0 Å². The maximum atomic E-state index is 12.5. The van der Waals surface area contributed by atoms with Gasteiger partial charge in [0.05, 0.1) is 19.7 Å². The Balaban J connectivity index is 1.96. The second kappa shape index (κ2) is 9.84. The zero-order valence-corrected chi connectivity index (χ0v) is 15.4. The minimum absolute atomic E-state index is 0.0304. The van der Waals surface area contributed by atoms with E-state index in [4.69, 9.17) is 4.74 Å². The molecule has 134 valence electrons. The lowest BCUT2D eigenvalue weighted by Gasteiger charge is -2.23. The van der Waals surface area contributed by atoms with Gasteiger partial charge in [0.1, 0.15) is 5.75 Å². The van der Waals surface area contributed by atoms with E-state index in [9.17, 15) is 4.79 Å². The number of para-hydroxylation sites is 1. The van der Waals surface area contributed by atoms with Gasteiger partial charge in [0.15, 0.2) is 0 Å². The first-order valence-corrected chi connectivity index (χ1v) is 8.82. The molecular weight excluding hydrogens is 312 g/mol. The number of rotatable bonds is 9. The molecule has 25 heavy (non-hydrogen) atoms. The van der Waals surface area contributed by atoms with Crippen molar-refractivity contribution in [3.8, 4) is 5.75 Å². The summed E-state index contributed by atoms with van der Waals surface area (Å²) >= 11 is 0. The lowest BCUT2D eigenvalue weighted by Crippen LogP contribution is -2.38. The number of carbonyl (C=O) groups is 1. The molecule has 1 N–H and O–H groups in total. The molecule has 0 saturated heterocycles. The van der Waals surface area contributed by atoms with Crippen molar-refractivity contribution in [3.05, 3.63) is 65.7 Å². The number of methoxy groups -OCH3 is 1. The predicted octanol–water partition coefficient (Wildman–Crippen LogP) is 3.78. The smallest absolute Gasteiger partial charge is 0.234 e. The minimum Gasteiger partial charge on any atom is -0.496 e. The third kappa shape index (κ3) is 5.91. The Labute approximate surface area is 150 Å². The van der Waals surface area contributed by atoms with Gasteiger partial charge in [0.2, 0.25) is 5.91 Å². The van der Waals surface area contributed by atoms with Gasteiger partial charge in [0.25, 0.3) is 0 Å². The zero-order valence-electron chi connectivity index (χ0n) is 15.4. The Morgan fingerprint density at radius 3 is 2.48 bits per heavy atom. The summed E-state index contributed by atoms with van der Waals surface area (Å²) < 4.78 is 5.38. The first-order valence-electron chi connectivity index (χ1n) is 8.82. The summed E-state index contributed by atoms with van der Waals surface area (Å²) in [5.41, 5.74) is 2.21. The first kappa shape index (κ1) is 19.0. The number of hydrogen-bond donors (Lipinski definition) is 1. The minimum atomic E-state index is -0.0937. The molecule has 4 nitrogen and oxygen atoms in total. The van der Waals surface area contributed by atoms with Crippen LogP contribution in [0.1, 0.15) is 37.4 Å². The summed E-state index contributed by atoms with van der Waals surface area (Å²) in [6.07, 6.45) is 1.02. The van der Waals surface area contributed by atoms with Crippen LogP contribution >= 0.6 is 0 Å². The average molecular weight is 340 g/mol. The molecule has 4 heteroatoms. The topological polar surface area (TPSA) is 41.6 Å². The van der Waals surface area contributed by atoms with Crippen molar-refractivity contribution in [2.75, 3.05) is 20.2 Å². The van der Waals surface area contributed by atoms with Gasteiger partial charge in [-0.3, -0.25) is 9.69 Å². The quantitative estimate of drug-likeness (QED) is 0.755. The highest BCUT2D eigenvalue weighted by molar-refractivity contribution is 5.78. The SMILES string of the molecule is CCCN(CC(=O)NC(C)c1ccccc1OC)Cc1ccccc1. The van der Waals surface area contributed by atoms with Crippen molar-refractivity contribution in [1.29, 1.82) is 0 Å². The van der Waals surface area contributed by atoms with Crippen LogP contribution in [-0.4, -0.2) is 31.0 Å². The van der Waals surface area contributed by atoms with Crippen LogP contribution in [0.5, 0.6) is 5.75 Å². The Morgan fingerprint density at radius 1 is 1.12 bits per heavy atom. The molecular formula is C21H28N2O2. The van der Waals surface area contributed by atoms with Crippen LogP contribution in [-0.2, 0) is 11.3 Å². The maximum Gasteiger partial charge on any atom is 0.234 e. The summed E-state index contributed by atoms with van der Waals surface area (Å²) in [6.45, 7) is 6.18. The van der Waals surface area contributed by atoms with E-state index in [1.807, 2.05) is 49.4 Å². The van der Waals surface area contributed by atoms with E-state index < -0.39 is 0 Å². The molecule has 1 unspecified atom stereocenters. The van der Waals surface area contributed by atoms with Crippen molar-refractivity contribution < 1.29 is 9.53 Å². The van der Waals surface area contributed by atoms with Gasteiger partial charge in [0, 0.05) is 12.1 Å². The molecule has 0 fully saturated rings. The summed E-state index contributed by atoms with van der Waals surface area (Å²) in [7, 11) is 1.65. The Kier molecular flexibility index (Phi) is 7.48. The van der Waals surface area contributed by atoms with Crippen LogP contribution in [0.15, 0.2) is 54.6 Å². The Morgan fingerprint density at radius 2 is 1.80 bits per heavy atom. The molecule has 0 aliphatic heterocycles. The van der Waals surface area contributed by atoms with E-state index in [1.165, 1.54) is 5.56 Å². The molecule has 2 aromatic carbocycles. The molecule has 0 heterocycles. The van der Waals surface area contributed by atoms with Gasteiger partial charge in [-0.1, -0.05) is 55.5 Å². The van der Waals surface area contributed by atoms with Crippen molar-refractivity contribution in [3.63, 3.8) is 0 Å². The summed E-state index contributed by atoms with van der Waals surface area (Å²) in [4.78, 5) is 14.7. The number of ether oxygens (including phenoxy) is 1. The van der Waals surface area contributed by atoms with E-state index in [1.54, 1.807) is 7.11 Å². The van der Waals surface area contributed by atoms with Gasteiger partial charge in [-0.25, -0.2) is 0 Å². The van der Waals surface area contributed by atoms with Gasteiger partial charge in [-0.2, -0.15) is 0 Å². The largest absolute Gasteiger partial charge is 0.496 e. The van der Waals surface area contributed by atoms with Crippen LogP contribution in [0.2, 0.25) is 0 Å². The van der Waals surface area contributed by atoms with Crippen molar-refractivity contribution >= 4 is 5.91 Å². The molecule has 0 radical (unpaired) electrons. The normalized spacial score (nSPS) is 12.0. The predicted molar refractivity (Wildman–Crippen MR) is 102 cm³/mol. The number of benzene rings is 2. The number of nitrogens with one attached hydrogen (secondary N) is 1. The lowest BCUT2D eigenvalue weighted by molar-refractivity contribution is -0.123. The molecule has 0 aliphatic rings. The van der Waals surface area contributed by atoms with E-state index in [2.05, 4.69) is 29.3 Å². The van der Waals surface area contributed by atoms with E-state index in [-0.39, 0.29) is 11.9 Å². The molecule has 0 aromatic heterocycles. The van der Waals surface area contributed by atoms with Gasteiger partial charge < -0.3 is 10.1 Å². The van der Waals surface area contributed by atoms with Crippen LogP contribution in [0.25, 0.3) is 0 Å². The second-order valence-corrected chi connectivity index (χ2v) is 6.23. The average Bonchev–Trinajstić information content (AvgIpc) is 2.62. The van der Waals surface area contributed by atoms with Crippen molar-refractivity contribution in [2.45, 2.75) is 32.9 Å². The molecule has 1 atom stereocenters. The molecule has 1 amide bonds. The fraction of sp³-hybridized carbons (Fsp3) is 0.381. The summed E-state index contributed by atoms with van der Waals surface area (Å²) in [5, 5.41) is 3.08. The summed E-state index contributed by atoms with van der Waals surface area (Å²) in [5.74, 6) is 0.827. The highest BCUT2D eigenvalue weighted by Gasteiger charge is 2.16. The third-order valence-electron chi connectivity index (χ3n) is 4.14. The number of amides is 1. The molecule has 0 aliphatic carbocycles. The molecule has 2 aromatic rings. The lowest BCUT2D eigenvalue weighted by atomic mass is 10.1. The fourth-order valence-corrected chi connectivity index (χ4v) is 2.96. The van der Waals surface area contributed by atoms with E-state index in [0.29, 0.717) is 6.54 Å². The monoisotopic (exact) mass is 340 g/mol. The number of nitrogens with zero attached hydrogens (tertiary/aromatic N) is 1. The number of carbonyl (C=O) groups excluding carboxylic acids is 1. The molecule has 2 rings (SSSR count). The standard InChI is InChI=1S/C21H28N2O2/c1-4-14-23(15-18-10-6-5-7-11-18)16-21(24)22-17(2)19-12-8-9-13-20(19)25-3/h5-13,17H,4,14-16H2,1-3H3,(H,22,24). The van der Waals surface area contributed by atoms with Crippen molar-refractivity contribution in [2.24, 2.45) is 0 Å². The van der Waals surface area contributed by atoms with E-state index >= 15 is 0 Å². The van der Waals surface area contributed by atoms with E-state index in [0.717, 1.165) is 30.8 Å². The van der Waals surface area contributed by atoms with Crippen LogP contribution in [0, 0.1) is 0 Å². The highest BCUT2D eigenvalue weighted by Crippen LogP contribution is 2.24. The highest BCUT2D eigenvalue weighted by atomic mass is 16.5. The maximum absolute atomic E-state index is 12.5. The zero-order chi connectivity index (χ0) is 18.1. The van der Waals surface area contributed by atoms with Gasteiger partial charge in [-0.05, 0) is 31.5 Å². The molecule has 0 spiro atoms. The number of hydrogen-bond acceptors (Lipinski definition) is 3. The van der Waals surface area contributed by atoms with Crippen LogP contribution < -0.4 is 10.1 Å². The summed E-state index contributed by atoms with van der Waals surface area (Å²) in [6, 6.07) is 18.0. The third-order valence-corrected chi connectivity index (χ3v) is 4.14. The second-order valence-electron chi connectivity index (χ2n) is 6.23. The Hall–Kier alpha value is -2.33.